The third kappa shape index (κ3) is 9.43. The lowest BCUT2D eigenvalue weighted by Gasteiger charge is -2.13. The Morgan fingerprint density at radius 1 is 0.417 bits per heavy atom. The highest BCUT2D eigenvalue weighted by atomic mass is 16.5. The Bertz CT molecular complexity index is 1700. The molecule has 4 aromatic rings. The number of carbonyl (C=O) groups is 4. The summed E-state index contributed by atoms with van der Waals surface area (Å²) in [5.41, 5.74) is 2.38. The van der Waals surface area contributed by atoms with Gasteiger partial charge in [-0.1, -0.05) is 60.7 Å². The van der Waals surface area contributed by atoms with Crippen molar-refractivity contribution in [3.63, 3.8) is 0 Å². The Kier molecular flexibility index (Phi) is 11.7. The molecule has 0 saturated heterocycles. The molecular formula is C38H34N2O8. The molecular weight excluding hydrogens is 612 g/mol. The second-order valence-corrected chi connectivity index (χ2v) is 10.5. The Morgan fingerprint density at radius 3 is 1.21 bits per heavy atom. The maximum Gasteiger partial charge on any atom is 0.340 e. The summed E-state index contributed by atoms with van der Waals surface area (Å²) in [6, 6.07) is 27.5. The van der Waals surface area contributed by atoms with Crippen molar-refractivity contribution in [3.05, 3.63) is 144 Å². The molecule has 0 radical (unpaired) electrons. The van der Waals surface area contributed by atoms with Crippen molar-refractivity contribution in [1.82, 2.24) is 0 Å². The number of hydrogen-bond donors (Lipinski definition) is 2. The van der Waals surface area contributed by atoms with Crippen LogP contribution < -0.4 is 20.1 Å². The van der Waals surface area contributed by atoms with Crippen LogP contribution >= 0.6 is 0 Å². The highest BCUT2D eigenvalue weighted by Gasteiger charge is 2.17. The van der Waals surface area contributed by atoms with Gasteiger partial charge in [0.05, 0.1) is 35.3 Å². The summed E-state index contributed by atoms with van der Waals surface area (Å²) in [6.45, 7) is 0.291. The van der Waals surface area contributed by atoms with E-state index in [0.717, 1.165) is 0 Å². The molecule has 48 heavy (non-hydrogen) atoms. The van der Waals surface area contributed by atoms with Crippen LogP contribution in [-0.2, 0) is 31.9 Å². The zero-order valence-electron chi connectivity index (χ0n) is 26.1. The molecule has 0 aromatic heterocycles. The Morgan fingerprint density at radius 2 is 0.771 bits per heavy atom. The van der Waals surface area contributed by atoms with Gasteiger partial charge in [-0.15, -0.1) is 0 Å². The van der Waals surface area contributed by atoms with E-state index in [-0.39, 0.29) is 62.2 Å². The predicted octanol–water partition coefficient (Wildman–Crippen LogP) is 5.95. The van der Waals surface area contributed by atoms with Gasteiger partial charge in [-0.3, -0.25) is 9.59 Å². The molecule has 1 heterocycles. The molecule has 2 N–H and O–H groups in total. The number of para-hydroxylation sites is 4. The first-order valence-corrected chi connectivity index (χ1v) is 15.3. The Hall–Kier alpha value is -6.16. The van der Waals surface area contributed by atoms with E-state index in [0.29, 0.717) is 34.0 Å². The van der Waals surface area contributed by atoms with Gasteiger partial charge in [-0.25, -0.2) is 9.59 Å². The van der Waals surface area contributed by atoms with Gasteiger partial charge in [0.25, 0.3) is 0 Å². The quantitative estimate of drug-likeness (QED) is 0.177. The van der Waals surface area contributed by atoms with E-state index < -0.39 is 11.9 Å². The number of nitrogens with one attached hydrogen (secondary N) is 2. The molecule has 244 valence electrons. The summed E-state index contributed by atoms with van der Waals surface area (Å²) in [5, 5.41) is 5.60. The van der Waals surface area contributed by atoms with Crippen LogP contribution in [0.25, 0.3) is 0 Å². The van der Waals surface area contributed by atoms with Crippen LogP contribution in [0.2, 0.25) is 0 Å². The van der Waals surface area contributed by atoms with Crippen LogP contribution in [0.1, 0.15) is 31.8 Å². The van der Waals surface area contributed by atoms with Gasteiger partial charge in [0.15, 0.2) is 0 Å². The SMILES string of the molecule is O=C1Cc2ccccc2OC/C=C/COC(=O)c2ccccc2NC(=O)Cc2ccccc2OC/C=C/COC(=O)c2ccccc2N1. The topological polar surface area (TPSA) is 129 Å². The molecule has 1 aliphatic rings. The van der Waals surface area contributed by atoms with Crippen LogP contribution in [0.3, 0.4) is 0 Å². The number of amides is 2. The molecule has 0 fully saturated rings. The molecule has 1 aliphatic heterocycles. The highest BCUT2D eigenvalue weighted by Crippen LogP contribution is 2.23. The Balaban J connectivity index is 1.33. The number of hydrogen-bond acceptors (Lipinski definition) is 8. The van der Waals surface area contributed by atoms with E-state index in [1.165, 1.54) is 0 Å². The molecule has 5 rings (SSSR count). The van der Waals surface area contributed by atoms with Gasteiger partial charge in [0, 0.05) is 11.1 Å². The van der Waals surface area contributed by atoms with E-state index >= 15 is 0 Å². The van der Waals surface area contributed by atoms with Crippen LogP contribution in [0, 0.1) is 0 Å². The monoisotopic (exact) mass is 646 g/mol. The minimum absolute atomic E-state index is 0.00267. The van der Waals surface area contributed by atoms with Crippen molar-refractivity contribution in [3.8, 4) is 11.5 Å². The third-order valence-corrected chi connectivity index (χ3v) is 7.11. The molecule has 0 aliphatic carbocycles. The number of ether oxygens (including phenoxy) is 4. The Labute approximate surface area is 278 Å². The van der Waals surface area contributed by atoms with Gasteiger partial charge >= 0.3 is 11.9 Å². The van der Waals surface area contributed by atoms with E-state index in [9.17, 15) is 19.2 Å². The lowest BCUT2D eigenvalue weighted by atomic mass is 10.1. The summed E-state index contributed by atoms with van der Waals surface area (Å²) < 4.78 is 22.6. The minimum Gasteiger partial charge on any atom is -0.489 e. The summed E-state index contributed by atoms with van der Waals surface area (Å²) in [4.78, 5) is 51.8. The first kappa shape index (κ1) is 33.2. The average molecular weight is 647 g/mol. The molecule has 0 unspecified atom stereocenters. The van der Waals surface area contributed by atoms with E-state index in [1.807, 2.05) is 0 Å². The van der Waals surface area contributed by atoms with Crippen molar-refractivity contribution < 1.29 is 38.1 Å². The number of cyclic esters (lactones) is 2. The fourth-order valence-electron chi connectivity index (χ4n) is 4.81. The molecule has 10 heteroatoms. The molecule has 2 amide bonds. The first-order chi connectivity index (χ1) is 23.5. The molecule has 10 nitrogen and oxygen atoms in total. The van der Waals surface area contributed by atoms with Crippen LogP contribution in [-0.4, -0.2) is 50.2 Å². The van der Waals surface area contributed by atoms with Gasteiger partial charge < -0.3 is 29.6 Å². The van der Waals surface area contributed by atoms with E-state index in [4.69, 9.17) is 18.9 Å². The zero-order valence-corrected chi connectivity index (χ0v) is 26.1. The summed E-state index contributed by atoms with van der Waals surface area (Å²) >= 11 is 0. The standard InChI is InChI=1S/C38H34N2O8/c41-35-25-27-13-1-7-19-33(27)45-21-9-11-23-47-38(44)30-16-4-6-18-32(30)40-36(42)26-28-14-2-8-20-34(28)46-22-10-12-24-48-37(43)29-15-3-5-17-31(29)39-35/h1-20H,21-26H2,(H,39,41)(H,40,42)/b11-9+,12-10+. The van der Waals surface area contributed by atoms with Crippen LogP contribution in [0.4, 0.5) is 11.4 Å². The molecule has 0 atom stereocenters. The number of carbonyl (C=O) groups excluding carboxylic acids is 4. The van der Waals surface area contributed by atoms with Crippen molar-refractivity contribution in [2.75, 3.05) is 37.1 Å². The van der Waals surface area contributed by atoms with E-state index in [1.54, 1.807) is 121 Å². The fraction of sp³-hybridized carbons (Fsp3) is 0.158. The van der Waals surface area contributed by atoms with E-state index in [2.05, 4.69) is 10.6 Å². The van der Waals surface area contributed by atoms with Gasteiger partial charge in [0.1, 0.15) is 37.9 Å². The second-order valence-electron chi connectivity index (χ2n) is 10.5. The lowest BCUT2D eigenvalue weighted by Crippen LogP contribution is -2.18. The normalized spacial score (nSPS) is 16.5. The van der Waals surface area contributed by atoms with Gasteiger partial charge in [-0.2, -0.15) is 0 Å². The second kappa shape index (κ2) is 17.0. The van der Waals surface area contributed by atoms with Crippen LogP contribution in [0.5, 0.6) is 11.5 Å². The number of benzene rings is 4. The highest BCUT2D eigenvalue weighted by molar-refractivity contribution is 6.02. The van der Waals surface area contributed by atoms with Crippen molar-refractivity contribution in [1.29, 1.82) is 0 Å². The minimum atomic E-state index is -0.594. The van der Waals surface area contributed by atoms with Gasteiger partial charge in [-0.05, 0) is 60.7 Å². The zero-order chi connectivity index (χ0) is 33.6. The van der Waals surface area contributed by atoms with Crippen molar-refractivity contribution in [2.45, 2.75) is 12.8 Å². The summed E-state index contributed by atoms with van der Waals surface area (Å²) in [5.74, 6) is -0.838. The smallest absolute Gasteiger partial charge is 0.340 e. The van der Waals surface area contributed by atoms with Crippen molar-refractivity contribution in [2.24, 2.45) is 0 Å². The molecule has 0 saturated carbocycles. The predicted molar refractivity (Wildman–Crippen MR) is 180 cm³/mol. The number of fused-ring (bicyclic) bond motifs is 4. The lowest BCUT2D eigenvalue weighted by molar-refractivity contribution is -0.116. The van der Waals surface area contributed by atoms with Crippen LogP contribution in [0.15, 0.2) is 121 Å². The van der Waals surface area contributed by atoms with Crippen molar-refractivity contribution >= 4 is 35.1 Å². The number of esters is 2. The molecule has 4 aromatic carbocycles. The number of anilines is 2. The molecule has 0 spiro atoms. The largest absolute Gasteiger partial charge is 0.489 e. The maximum atomic E-state index is 13.0. The fourth-order valence-corrected chi connectivity index (χ4v) is 4.81. The third-order valence-electron chi connectivity index (χ3n) is 7.11. The summed E-state index contributed by atoms with van der Waals surface area (Å²) in [6.07, 6.45) is 6.69. The number of rotatable bonds is 0. The van der Waals surface area contributed by atoms with Gasteiger partial charge in [0.2, 0.25) is 11.8 Å². The first-order valence-electron chi connectivity index (χ1n) is 15.3. The summed E-state index contributed by atoms with van der Waals surface area (Å²) in [7, 11) is 0. The molecule has 0 bridgehead atoms. The average Bonchev–Trinajstić information content (AvgIpc) is 3.09. The maximum absolute atomic E-state index is 13.0.